The molecule has 0 bridgehead atoms. The lowest BCUT2D eigenvalue weighted by atomic mass is 9.89. The maximum absolute atomic E-state index is 14.1. The van der Waals surface area contributed by atoms with Gasteiger partial charge in [-0.3, -0.25) is 4.79 Å². The number of carbonyl (C=O) groups is 1. The van der Waals surface area contributed by atoms with Gasteiger partial charge in [-0.1, -0.05) is 0 Å². The fourth-order valence-corrected chi connectivity index (χ4v) is 3.78. The summed E-state index contributed by atoms with van der Waals surface area (Å²) >= 11 is 0. The quantitative estimate of drug-likeness (QED) is 0.562. The number of nitrogens with zero attached hydrogens (tertiary/aromatic N) is 1. The summed E-state index contributed by atoms with van der Waals surface area (Å²) in [5.41, 5.74) is 2.93. The van der Waals surface area contributed by atoms with Crippen LogP contribution >= 0.6 is 0 Å². The van der Waals surface area contributed by atoms with Gasteiger partial charge in [0.2, 0.25) is 5.88 Å². The molecule has 1 aromatic rings. The van der Waals surface area contributed by atoms with Crippen LogP contribution in [0, 0.1) is 11.7 Å². The second-order valence-electron chi connectivity index (χ2n) is 9.35. The van der Waals surface area contributed by atoms with Gasteiger partial charge < -0.3 is 24.5 Å². The summed E-state index contributed by atoms with van der Waals surface area (Å²) in [5.74, 6) is -0.992. The van der Waals surface area contributed by atoms with E-state index in [1.165, 1.54) is 6.07 Å². The molecule has 1 atom stereocenters. The van der Waals surface area contributed by atoms with Crippen LogP contribution in [0.15, 0.2) is 30.2 Å². The van der Waals surface area contributed by atoms with Crippen molar-refractivity contribution in [1.29, 1.82) is 0 Å². The van der Waals surface area contributed by atoms with Crippen molar-refractivity contribution in [1.82, 2.24) is 15.7 Å². The number of rotatable bonds is 8. The van der Waals surface area contributed by atoms with E-state index in [0.717, 1.165) is 25.0 Å². The summed E-state index contributed by atoms with van der Waals surface area (Å²) in [4.78, 5) is 19.9. The largest absolute Gasteiger partial charge is 0.430 e. The molecule has 0 aromatic heterocycles. The van der Waals surface area contributed by atoms with Gasteiger partial charge in [0.1, 0.15) is 0 Å². The zero-order valence-corrected chi connectivity index (χ0v) is 19.4. The summed E-state index contributed by atoms with van der Waals surface area (Å²) < 4.78 is 50.0. The molecule has 2 heterocycles. The highest BCUT2D eigenvalue weighted by molar-refractivity contribution is 5.94. The molecule has 3 rings (SSSR count). The number of nitrogens with one attached hydrogen (secondary N) is 2. The molecule has 0 radical (unpaired) electrons. The second-order valence-corrected chi connectivity index (χ2v) is 9.35. The first-order valence-corrected chi connectivity index (χ1v) is 11.1. The van der Waals surface area contributed by atoms with Crippen LogP contribution in [0.2, 0.25) is 0 Å². The topological polar surface area (TPSA) is 72.1 Å². The van der Waals surface area contributed by atoms with Crippen LogP contribution in [0.25, 0.3) is 0 Å². The van der Waals surface area contributed by atoms with Crippen LogP contribution in [-0.4, -0.2) is 54.8 Å². The average molecular weight is 472 g/mol. The van der Waals surface area contributed by atoms with Gasteiger partial charge in [0.15, 0.2) is 11.6 Å². The smallest absolute Gasteiger partial charge is 0.395 e. The predicted octanol–water partition coefficient (Wildman–Crippen LogP) is 3.82. The molecule has 2 N–H and O–H groups in total. The Kier molecular flexibility index (Phi) is 7.79. The van der Waals surface area contributed by atoms with Crippen molar-refractivity contribution in [3.8, 4) is 5.75 Å². The summed E-state index contributed by atoms with van der Waals surface area (Å²) in [6.07, 6.45) is -0.0159. The molecule has 33 heavy (non-hydrogen) atoms. The van der Waals surface area contributed by atoms with E-state index in [1.807, 2.05) is 26.8 Å². The molecule has 2 aliphatic heterocycles. The van der Waals surface area contributed by atoms with Crippen LogP contribution in [0.3, 0.4) is 0 Å². The van der Waals surface area contributed by atoms with E-state index in [4.69, 9.17) is 9.57 Å². The summed E-state index contributed by atoms with van der Waals surface area (Å²) in [5, 5.41) is 3.19. The zero-order valence-electron chi connectivity index (χ0n) is 19.4. The van der Waals surface area contributed by atoms with E-state index < -0.39 is 17.7 Å². The fourth-order valence-electron chi connectivity index (χ4n) is 3.78. The molecule has 0 saturated carbocycles. The molecule has 0 spiro atoms. The number of ether oxygens (including phenoxy) is 2. The Morgan fingerprint density at radius 2 is 1.94 bits per heavy atom. The van der Waals surface area contributed by atoms with Crippen LogP contribution in [0.4, 0.5) is 13.2 Å². The third kappa shape index (κ3) is 7.53. The van der Waals surface area contributed by atoms with E-state index in [1.54, 1.807) is 4.90 Å². The zero-order chi connectivity index (χ0) is 24.2. The summed E-state index contributed by atoms with van der Waals surface area (Å²) in [6.45, 7) is 8.72. The Bertz CT molecular complexity index is 859. The van der Waals surface area contributed by atoms with Gasteiger partial charge in [-0.25, -0.2) is 4.39 Å². The normalized spacial score (nSPS) is 19.8. The van der Waals surface area contributed by atoms with Gasteiger partial charge in [-0.15, -0.1) is 5.48 Å². The van der Waals surface area contributed by atoms with Gasteiger partial charge in [0.05, 0.1) is 18.2 Å². The number of piperidine rings is 1. The van der Waals surface area contributed by atoms with Gasteiger partial charge in [-0.05, 0) is 63.8 Å². The lowest BCUT2D eigenvalue weighted by molar-refractivity contribution is -0.160. The lowest BCUT2D eigenvalue weighted by Crippen LogP contribution is -2.43. The van der Waals surface area contributed by atoms with E-state index >= 15 is 0 Å². The Labute approximate surface area is 192 Å². The third-order valence-corrected chi connectivity index (χ3v) is 5.37. The molecule has 1 unspecified atom stereocenters. The predicted molar refractivity (Wildman–Crippen MR) is 116 cm³/mol. The third-order valence-electron chi connectivity index (χ3n) is 5.37. The maximum Gasteiger partial charge on any atom is 0.395 e. The molecular weight excluding hydrogens is 439 g/mol. The number of amides is 1. The van der Waals surface area contributed by atoms with Crippen molar-refractivity contribution in [2.24, 2.45) is 5.92 Å². The van der Waals surface area contributed by atoms with E-state index in [-0.39, 0.29) is 29.0 Å². The Hall–Kier alpha value is -2.46. The van der Waals surface area contributed by atoms with Crippen molar-refractivity contribution in [2.45, 2.75) is 58.3 Å². The van der Waals surface area contributed by atoms with Crippen molar-refractivity contribution in [2.75, 3.05) is 26.2 Å². The highest BCUT2D eigenvalue weighted by atomic mass is 19.3. The number of alkyl halides is 2. The molecule has 184 valence electrons. The minimum absolute atomic E-state index is 0.0258. The maximum atomic E-state index is 14.1. The van der Waals surface area contributed by atoms with Crippen molar-refractivity contribution in [3.05, 3.63) is 41.5 Å². The second kappa shape index (κ2) is 10.2. The van der Waals surface area contributed by atoms with E-state index in [0.29, 0.717) is 39.0 Å². The van der Waals surface area contributed by atoms with Crippen molar-refractivity contribution in [3.63, 3.8) is 0 Å². The monoisotopic (exact) mass is 471 g/mol. The SMILES string of the molecule is CC(C)(C)OCCNC1=CC(C2CCN(C(=O)c3ccc(OC(C)(F)F)c(F)c3)CC2)NO1. The molecule has 1 amide bonds. The Morgan fingerprint density at radius 3 is 2.55 bits per heavy atom. The minimum atomic E-state index is -3.50. The first-order chi connectivity index (χ1) is 15.4. The van der Waals surface area contributed by atoms with Gasteiger partial charge >= 0.3 is 6.11 Å². The molecule has 7 nitrogen and oxygen atoms in total. The van der Waals surface area contributed by atoms with Crippen LogP contribution in [0.1, 0.15) is 50.9 Å². The highest BCUT2D eigenvalue weighted by Crippen LogP contribution is 2.28. The number of hydroxylamine groups is 1. The number of hydrogen-bond donors (Lipinski definition) is 2. The Morgan fingerprint density at radius 1 is 1.24 bits per heavy atom. The van der Waals surface area contributed by atoms with Crippen LogP contribution in [-0.2, 0) is 9.57 Å². The van der Waals surface area contributed by atoms with Crippen LogP contribution < -0.4 is 15.5 Å². The average Bonchev–Trinajstić information content (AvgIpc) is 3.20. The van der Waals surface area contributed by atoms with Crippen molar-refractivity contribution < 1.29 is 32.3 Å². The molecule has 1 fully saturated rings. The number of likely N-dealkylation sites (tertiary alicyclic amines) is 1. The molecular formula is C23H32F3N3O4. The number of carbonyl (C=O) groups excluding carboxylic acids is 1. The Balaban J connectivity index is 1.47. The highest BCUT2D eigenvalue weighted by Gasteiger charge is 2.32. The lowest BCUT2D eigenvalue weighted by Gasteiger charge is -2.33. The molecule has 1 saturated heterocycles. The van der Waals surface area contributed by atoms with E-state index in [9.17, 15) is 18.0 Å². The summed E-state index contributed by atoms with van der Waals surface area (Å²) in [7, 11) is 0. The molecule has 2 aliphatic rings. The van der Waals surface area contributed by atoms with Gasteiger partial charge in [-0.2, -0.15) is 8.78 Å². The standard InChI is InChI=1S/C23H32F3N3O4/c1-22(2,3)31-12-9-27-20-14-18(28-33-20)15-7-10-29(11-8-15)21(30)16-5-6-19(17(24)13-16)32-23(4,25)26/h5-6,13-15,18,27-28H,7-12H2,1-4H3. The molecule has 10 heteroatoms. The van der Waals surface area contributed by atoms with E-state index in [2.05, 4.69) is 15.5 Å². The number of hydrogen-bond acceptors (Lipinski definition) is 6. The first kappa shape index (κ1) is 25.2. The number of halogens is 3. The van der Waals surface area contributed by atoms with Crippen LogP contribution in [0.5, 0.6) is 5.75 Å². The summed E-state index contributed by atoms with van der Waals surface area (Å²) in [6, 6.07) is 3.32. The van der Waals surface area contributed by atoms with Gasteiger partial charge in [0.25, 0.3) is 5.91 Å². The van der Waals surface area contributed by atoms with Crippen molar-refractivity contribution >= 4 is 5.91 Å². The first-order valence-electron chi connectivity index (χ1n) is 11.1. The fraction of sp³-hybridized carbons (Fsp3) is 0.609. The minimum Gasteiger partial charge on any atom is -0.430 e. The number of benzene rings is 1. The van der Waals surface area contributed by atoms with Gasteiger partial charge in [0, 0.05) is 32.1 Å². The molecule has 0 aliphatic carbocycles. The molecule has 1 aromatic carbocycles.